The van der Waals surface area contributed by atoms with Gasteiger partial charge in [0.15, 0.2) is 0 Å². The third-order valence-corrected chi connectivity index (χ3v) is 9.89. The molecular weight excluding hydrogens is 1160 g/mol. The van der Waals surface area contributed by atoms with Gasteiger partial charge in [-0.2, -0.15) is 16.8 Å². The van der Waals surface area contributed by atoms with Gasteiger partial charge >= 0.3 is 33.3 Å². The topological polar surface area (TPSA) is 328 Å². The van der Waals surface area contributed by atoms with Gasteiger partial charge in [0.25, 0.3) is 20.2 Å². The molecule has 0 spiro atoms. The second-order valence-corrected chi connectivity index (χ2v) is 20.5. The number of Topliss-reactive ketones (excluding diaryl/α,β-unsaturated/α-hetero) is 2. The molecule has 0 aliphatic rings. The smallest absolute Gasteiger partial charge is 0.308 e. The maximum atomic E-state index is 13.1. The molecule has 0 saturated carbocycles. The van der Waals surface area contributed by atoms with Gasteiger partial charge in [0, 0.05) is 48.4 Å². The van der Waals surface area contributed by atoms with Gasteiger partial charge in [-0.25, -0.2) is 9.59 Å². The van der Waals surface area contributed by atoms with Gasteiger partial charge < -0.3 is 21.3 Å². The maximum absolute atomic E-state index is 13.1. The average Bonchev–Trinajstić information content (AvgIpc) is 3.46. The molecule has 7 aromatic rings. The minimum Gasteiger partial charge on any atom is -0.308 e. The lowest BCUT2D eigenvalue weighted by Crippen LogP contribution is -2.19. The molecule has 0 aliphatic heterocycles. The van der Waals surface area contributed by atoms with Crippen molar-refractivity contribution in [1.29, 1.82) is 0 Å². The van der Waals surface area contributed by atoms with E-state index in [1.165, 1.54) is 0 Å². The van der Waals surface area contributed by atoms with E-state index in [-0.39, 0.29) is 38.5 Å². The van der Waals surface area contributed by atoms with E-state index in [9.17, 15) is 36.0 Å². The van der Waals surface area contributed by atoms with Crippen LogP contribution in [0.2, 0.25) is 0 Å². The van der Waals surface area contributed by atoms with Crippen molar-refractivity contribution in [1.82, 2.24) is 0 Å². The quantitative estimate of drug-likeness (QED) is 0.0387. The highest BCUT2D eigenvalue weighted by Crippen LogP contribution is 2.18. The van der Waals surface area contributed by atoms with Crippen LogP contribution in [0.5, 0.6) is 0 Å². The Morgan fingerprint density at radius 2 is 0.583 bits per heavy atom. The molecule has 6 N–H and O–H groups in total. The number of hydrogen-bond acceptors (Lipinski definition) is 14. The summed E-state index contributed by atoms with van der Waals surface area (Å²) in [6.07, 6.45) is 10.7. The van der Waals surface area contributed by atoms with E-state index in [4.69, 9.17) is 34.4 Å². The number of urea groups is 2. The normalized spacial score (nSPS) is 10.1. The van der Waals surface area contributed by atoms with Crippen LogP contribution >= 0.6 is 0 Å². The van der Waals surface area contributed by atoms with E-state index >= 15 is 0 Å². The lowest BCUT2D eigenvalue weighted by molar-refractivity contribution is -0.118. The van der Waals surface area contributed by atoms with E-state index in [0.717, 1.165) is 55.9 Å². The number of rotatable bonds is 16. The minimum absolute atomic E-state index is 0. The first-order valence-corrected chi connectivity index (χ1v) is 29.9. The molecule has 4 amide bonds. The first kappa shape index (κ1) is 75.0. The van der Waals surface area contributed by atoms with Gasteiger partial charge in [-0.05, 0) is 93.0 Å². The number of para-hydroxylation sites is 2. The Kier molecular flexibility index (Phi) is 35.9. The Bertz CT molecular complexity index is 3410. The van der Waals surface area contributed by atoms with Crippen molar-refractivity contribution in [2.75, 3.05) is 33.8 Å². The summed E-state index contributed by atoms with van der Waals surface area (Å²) in [6, 6.07) is 56.7. The number of hydrogen-bond donors (Lipinski definition) is 6. The van der Waals surface area contributed by atoms with Gasteiger partial charge in [0.1, 0.15) is 11.6 Å². The van der Waals surface area contributed by atoms with Crippen molar-refractivity contribution >= 4 is 112 Å². The van der Waals surface area contributed by atoms with Crippen molar-refractivity contribution in [2.45, 2.75) is 54.4 Å². The Balaban J connectivity index is 0.00000272. The molecule has 0 aliphatic carbocycles. The second-order valence-electron chi connectivity index (χ2n) is 16.8. The van der Waals surface area contributed by atoms with Gasteiger partial charge in [0.05, 0.1) is 12.5 Å². The summed E-state index contributed by atoms with van der Waals surface area (Å²) in [5.41, 5.74) is 10.5. The van der Waals surface area contributed by atoms with Crippen LogP contribution in [-0.4, -0.2) is 87.3 Å². The Labute approximate surface area is 494 Å². The fraction of sp³-hybridized carbons (Fsp3) is 0.167. The number of amides is 4. The summed E-state index contributed by atoms with van der Waals surface area (Å²) >= 11 is 0. The summed E-state index contributed by atoms with van der Waals surface area (Å²) in [5, 5.41) is 11.3. The lowest BCUT2D eigenvalue weighted by Gasteiger charge is -2.08. The van der Waals surface area contributed by atoms with Crippen molar-refractivity contribution < 1.29 is 70.4 Å². The van der Waals surface area contributed by atoms with Crippen LogP contribution in [0.3, 0.4) is 0 Å². The fourth-order valence-electron chi connectivity index (χ4n) is 6.75. The largest absolute Gasteiger partial charge is 0.425 e. The zero-order valence-corrected chi connectivity index (χ0v) is 48.0. The number of nitrogens with one attached hydrogen (secondary N) is 4. The molecule has 0 unspecified atom stereocenters. The Morgan fingerprint density at radius 1 is 0.369 bits per heavy atom. The van der Waals surface area contributed by atoms with E-state index in [0.29, 0.717) is 49.6 Å². The highest BCUT2D eigenvalue weighted by atomic mass is 32.2. The molecule has 0 bridgehead atoms. The van der Waals surface area contributed by atoms with Gasteiger partial charge in [0.2, 0.25) is 0 Å². The van der Waals surface area contributed by atoms with Crippen molar-refractivity contribution in [3.63, 3.8) is 0 Å². The number of carbonyl (C=O) groups excluding carboxylic acids is 4. The summed E-state index contributed by atoms with van der Waals surface area (Å²) in [5.74, 6) is 0.212. The number of carbonyl (C=O) groups is 4. The molecule has 0 atom stereocenters. The van der Waals surface area contributed by atoms with Crippen LogP contribution in [0.25, 0.3) is 24.3 Å². The Hall–Kier alpha value is -9.04. The molecule has 84 heavy (non-hydrogen) atoms. The van der Waals surface area contributed by atoms with Crippen LogP contribution in [-0.2, 0) is 76.7 Å². The van der Waals surface area contributed by atoms with Crippen molar-refractivity contribution in [3.8, 4) is 0 Å². The summed E-state index contributed by atoms with van der Waals surface area (Å²) in [7, 11) is -13.6. The molecule has 7 rings (SSSR count). The standard InChI is InChI=1S/C54H46N4O4.C2H6.2CH4O3S.2CH4.2O3S/c59-51(35-43-22-18-39(19-23-43)14-16-41-26-30-49(31-27-41)57-53(61)55-47-10-3-1-4-11-47)37-45-8-7-9-46(34-45)38-52(60)36-44-24-20-40(21-25-44)15-17-42-28-32-50(33-29-42)58-54(62)56-48-12-5-2-6-13-48;1-2;2*1-5(2,3)4;;;2*1-4(2)3/h1-34H,35-38H2,(H2,55,57,61)(H2,56,58,62);1-2H3;2*1H3,(H,2,3,4);2*1H4;;/b16-14+,17-15+;;;;;;;. The minimum atomic E-state index is -3.67. The van der Waals surface area contributed by atoms with Crippen molar-refractivity contribution in [2.24, 2.45) is 0 Å². The third-order valence-electron chi connectivity index (χ3n) is 9.89. The molecule has 0 aromatic heterocycles. The van der Waals surface area contributed by atoms with Crippen LogP contribution in [0.4, 0.5) is 32.3 Å². The first-order chi connectivity index (χ1) is 38.7. The van der Waals surface area contributed by atoms with Gasteiger partial charge in [-0.15, -0.1) is 25.3 Å². The molecule has 20 nitrogen and oxygen atoms in total. The fourth-order valence-corrected chi connectivity index (χ4v) is 6.75. The third kappa shape index (κ3) is 38.6. The predicted octanol–water partition coefficient (Wildman–Crippen LogP) is 11.3. The van der Waals surface area contributed by atoms with Crippen LogP contribution in [0.15, 0.2) is 182 Å². The zero-order chi connectivity index (χ0) is 61.1. The molecule has 0 radical (unpaired) electrons. The van der Waals surface area contributed by atoms with Crippen molar-refractivity contribution in [3.05, 3.63) is 226 Å². The molecule has 448 valence electrons. The maximum Gasteiger partial charge on any atom is 0.425 e. The molecule has 7 aromatic carbocycles. The van der Waals surface area contributed by atoms with Crippen LogP contribution in [0.1, 0.15) is 73.2 Å². The van der Waals surface area contributed by atoms with Gasteiger partial charge in [-0.1, -0.05) is 186 Å². The first-order valence-electron chi connectivity index (χ1n) is 24.2. The molecular formula is C60H68N4O16S4. The van der Waals surface area contributed by atoms with Gasteiger partial charge in [-0.3, -0.25) is 18.7 Å². The second kappa shape index (κ2) is 40.2. The molecule has 0 saturated heterocycles. The zero-order valence-electron chi connectivity index (χ0n) is 44.7. The summed E-state index contributed by atoms with van der Waals surface area (Å²) in [4.78, 5) is 50.7. The monoisotopic (exact) mass is 1230 g/mol. The predicted molar refractivity (Wildman–Crippen MR) is 332 cm³/mol. The lowest BCUT2D eigenvalue weighted by atomic mass is 9.97. The van der Waals surface area contributed by atoms with E-state index in [2.05, 4.69) is 21.3 Å². The highest BCUT2D eigenvalue weighted by Gasteiger charge is 2.10. The average molecular weight is 1230 g/mol. The summed E-state index contributed by atoms with van der Waals surface area (Å²) in [6.45, 7) is 4.00. The molecule has 0 heterocycles. The van der Waals surface area contributed by atoms with Crippen LogP contribution < -0.4 is 21.3 Å². The molecule has 24 heteroatoms. The number of benzene rings is 7. The number of ketones is 2. The summed E-state index contributed by atoms with van der Waals surface area (Å²) < 4.78 is 102. The number of anilines is 4. The van der Waals surface area contributed by atoms with E-state index in [1.54, 1.807) is 0 Å². The van der Waals surface area contributed by atoms with E-state index < -0.39 is 41.5 Å². The van der Waals surface area contributed by atoms with E-state index in [1.807, 2.05) is 220 Å². The SMILES string of the molecule is C.C.CC.CS(=O)(=O)O.CS(=O)(=O)O.O=C(Cc1ccc(/C=C/c2ccc(NC(=O)Nc3ccccc3)cc2)cc1)Cc1cccc(CC(=O)Cc2ccc(/C=C/c3ccc(NC(=O)Nc4ccccc4)cc3)cc2)c1.O=S(=O)=O.O=S(=O)=O. The van der Waals surface area contributed by atoms with Crippen LogP contribution in [0, 0.1) is 0 Å². The Morgan fingerprint density at radius 3 is 0.833 bits per heavy atom. The highest BCUT2D eigenvalue weighted by molar-refractivity contribution is 7.85. The molecule has 0 fully saturated rings.